The summed E-state index contributed by atoms with van der Waals surface area (Å²) in [4.78, 5) is 19.3. The van der Waals surface area contributed by atoms with Crippen LogP contribution in [-0.2, 0) is 16.0 Å². The third-order valence-electron chi connectivity index (χ3n) is 4.56. The molecule has 8 heteroatoms. The second-order valence-corrected chi connectivity index (χ2v) is 7.28. The summed E-state index contributed by atoms with van der Waals surface area (Å²) >= 11 is 1.47. The van der Waals surface area contributed by atoms with Crippen LogP contribution in [0.4, 0.5) is 0 Å². The van der Waals surface area contributed by atoms with E-state index in [9.17, 15) is 4.79 Å². The summed E-state index contributed by atoms with van der Waals surface area (Å²) < 4.78 is 13.9. The highest BCUT2D eigenvalue weighted by molar-refractivity contribution is 7.12. The molecule has 2 fully saturated rings. The zero-order valence-corrected chi connectivity index (χ0v) is 14.2. The standard InChI is InChI=1S/C16H20N4O3S/c21-15(14-2-1-7-24-14)19-5-6-22-10-16(9-19)4-3-13(23-16)8-20-12-17-11-18-20/h1-2,7,11-13H,3-6,8-10H2/t13-,16-/m0/s1. The fourth-order valence-corrected chi connectivity index (χ4v) is 4.11. The van der Waals surface area contributed by atoms with Gasteiger partial charge in [0.25, 0.3) is 5.91 Å². The molecule has 1 spiro atoms. The lowest BCUT2D eigenvalue weighted by Crippen LogP contribution is -2.46. The SMILES string of the molecule is O=C(c1cccs1)N1CCOC[C@]2(CC[C@@H](Cn3cncn3)O2)C1. The van der Waals surface area contributed by atoms with E-state index in [0.717, 1.165) is 17.7 Å². The molecular weight excluding hydrogens is 328 g/mol. The summed E-state index contributed by atoms with van der Waals surface area (Å²) in [5, 5.41) is 6.07. The quantitative estimate of drug-likeness (QED) is 0.839. The third kappa shape index (κ3) is 3.22. The van der Waals surface area contributed by atoms with Gasteiger partial charge < -0.3 is 14.4 Å². The number of nitrogens with zero attached hydrogens (tertiary/aromatic N) is 4. The van der Waals surface area contributed by atoms with Gasteiger partial charge >= 0.3 is 0 Å². The molecule has 2 saturated heterocycles. The zero-order chi connectivity index (χ0) is 16.4. The molecule has 128 valence electrons. The summed E-state index contributed by atoms with van der Waals surface area (Å²) in [5.41, 5.74) is -0.408. The Morgan fingerprint density at radius 2 is 2.46 bits per heavy atom. The van der Waals surface area contributed by atoms with Gasteiger partial charge in [0.1, 0.15) is 18.3 Å². The Morgan fingerprint density at radius 3 is 3.25 bits per heavy atom. The number of amides is 1. The van der Waals surface area contributed by atoms with E-state index < -0.39 is 5.60 Å². The minimum atomic E-state index is -0.408. The van der Waals surface area contributed by atoms with E-state index in [0.29, 0.717) is 32.8 Å². The van der Waals surface area contributed by atoms with Crippen molar-refractivity contribution in [1.82, 2.24) is 19.7 Å². The third-order valence-corrected chi connectivity index (χ3v) is 5.42. The Bertz CT molecular complexity index is 676. The van der Waals surface area contributed by atoms with E-state index in [1.54, 1.807) is 11.0 Å². The lowest BCUT2D eigenvalue weighted by Gasteiger charge is -2.31. The van der Waals surface area contributed by atoms with Gasteiger partial charge in [0.2, 0.25) is 0 Å². The highest BCUT2D eigenvalue weighted by Gasteiger charge is 2.44. The second-order valence-electron chi connectivity index (χ2n) is 6.34. The molecule has 2 atom stereocenters. The molecule has 2 aromatic heterocycles. The lowest BCUT2D eigenvalue weighted by atomic mass is 10.00. The van der Waals surface area contributed by atoms with Gasteiger partial charge in [-0.25, -0.2) is 4.98 Å². The van der Waals surface area contributed by atoms with Crippen molar-refractivity contribution in [3.05, 3.63) is 35.0 Å². The predicted octanol–water partition coefficient (Wildman–Crippen LogP) is 1.43. The summed E-state index contributed by atoms with van der Waals surface area (Å²) in [6.07, 6.45) is 5.13. The Labute approximate surface area is 144 Å². The fraction of sp³-hybridized carbons (Fsp3) is 0.562. The average Bonchev–Trinajstić information content (AvgIpc) is 3.30. The van der Waals surface area contributed by atoms with Gasteiger partial charge in [-0.1, -0.05) is 6.07 Å². The van der Waals surface area contributed by atoms with Crippen LogP contribution < -0.4 is 0 Å². The van der Waals surface area contributed by atoms with Crippen LogP contribution in [0, 0.1) is 0 Å². The second kappa shape index (κ2) is 6.62. The van der Waals surface area contributed by atoms with Gasteiger partial charge in [-0.2, -0.15) is 5.10 Å². The highest BCUT2D eigenvalue weighted by Crippen LogP contribution is 2.34. The molecule has 0 N–H and O–H groups in total. The predicted molar refractivity (Wildman–Crippen MR) is 87.9 cm³/mol. The molecule has 0 aromatic carbocycles. The van der Waals surface area contributed by atoms with Crippen molar-refractivity contribution >= 4 is 17.2 Å². The maximum atomic E-state index is 12.7. The number of hydrogen-bond donors (Lipinski definition) is 0. The molecule has 0 unspecified atom stereocenters. The van der Waals surface area contributed by atoms with Gasteiger partial charge in [0.05, 0.1) is 37.3 Å². The maximum absolute atomic E-state index is 12.7. The molecule has 2 aliphatic rings. The molecule has 7 nitrogen and oxygen atoms in total. The first-order valence-electron chi connectivity index (χ1n) is 8.15. The molecule has 0 aliphatic carbocycles. The molecule has 4 rings (SSSR count). The fourth-order valence-electron chi connectivity index (χ4n) is 3.42. The van der Waals surface area contributed by atoms with Crippen molar-refractivity contribution in [2.45, 2.75) is 31.1 Å². The number of ether oxygens (including phenoxy) is 2. The van der Waals surface area contributed by atoms with Crippen LogP contribution in [-0.4, -0.2) is 63.6 Å². The molecule has 0 radical (unpaired) electrons. The smallest absolute Gasteiger partial charge is 0.264 e. The number of aromatic nitrogens is 3. The van der Waals surface area contributed by atoms with Crippen LogP contribution in [0.1, 0.15) is 22.5 Å². The van der Waals surface area contributed by atoms with E-state index in [4.69, 9.17) is 9.47 Å². The molecule has 0 saturated carbocycles. The van der Waals surface area contributed by atoms with Gasteiger partial charge in [-0.3, -0.25) is 9.48 Å². The van der Waals surface area contributed by atoms with Crippen LogP contribution in [0.3, 0.4) is 0 Å². The van der Waals surface area contributed by atoms with Crippen molar-refractivity contribution in [3.8, 4) is 0 Å². The van der Waals surface area contributed by atoms with Gasteiger partial charge in [0.15, 0.2) is 0 Å². The van der Waals surface area contributed by atoms with E-state index in [1.807, 2.05) is 22.4 Å². The minimum Gasteiger partial charge on any atom is -0.377 e. The highest BCUT2D eigenvalue weighted by atomic mass is 32.1. The Kier molecular flexibility index (Phi) is 4.34. The summed E-state index contributed by atoms with van der Waals surface area (Å²) in [5.74, 6) is 0.0678. The minimum absolute atomic E-state index is 0.0678. The van der Waals surface area contributed by atoms with Crippen LogP contribution in [0.2, 0.25) is 0 Å². The van der Waals surface area contributed by atoms with Crippen LogP contribution in [0.5, 0.6) is 0 Å². The molecule has 24 heavy (non-hydrogen) atoms. The van der Waals surface area contributed by atoms with E-state index in [-0.39, 0.29) is 12.0 Å². The normalized spacial score (nSPS) is 27.5. The van der Waals surface area contributed by atoms with Gasteiger partial charge in [0, 0.05) is 6.54 Å². The molecule has 0 bridgehead atoms. The lowest BCUT2D eigenvalue weighted by molar-refractivity contribution is -0.0881. The van der Waals surface area contributed by atoms with Crippen molar-refractivity contribution in [1.29, 1.82) is 0 Å². The molecular formula is C16H20N4O3S. The largest absolute Gasteiger partial charge is 0.377 e. The maximum Gasteiger partial charge on any atom is 0.264 e. The zero-order valence-electron chi connectivity index (χ0n) is 13.3. The number of carbonyl (C=O) groups is 1. The Balaban J connectivity index is 1.45. The number of rotatable bonds is 3. The Morgan fingerprint density at radius 1 is 1.50 bits per heavy atom. The first-order valence-corrected chi connectivity index (χ1v) is 9.03. The van der Waals surface area contributed by atoms with Crippen molar-refractivity contribution in [2.75, 3.05) is 26.3 Å². The first kappa shape index (κ1) is 15.7. The molecule has 2 aromatic rings. The average molecular weight is 348 g/mol. The van der Waals surface area contributed by atoms with Gasteiger partial charge in [-0.15, -0.1) is 11.3 Å². The monoisotopic (exact) mass is 348 g/mol. The number of hydrogen-bond acceptors (Lipinski definition) is 6. The van der Waals surface area contributed by atoms with Crippen molar-refractivity contribution in [2.24, 2.45) is 0 Å². The van der Waals surface area contributed by atoms with E-state index in [1.165, 1.54) is 17.7 Å². The van der Waals surface area contributed by atoms with E-state index >= 15 is 0 Å². The number of carbonyl (C=O) groups excluding carboxylic acids is 1. The molecule has 1 amide bonds. The summed E-state index contributed by atoms with van der Waals surface area (Å²) in [6.45, 7) is 2.96. The number of thiophene rings is 1. The van der Waals surface area contributed by atoms with Crippen LogP contribution >= 0.6 is 11.3 Å². The molecule has 4 heterocycles. The van der Waals surface area contributed by atoms with Crippen molar-refractivity contribution in [3.63, 3.8) is 0 Å². The summed E-state index contributed by atoms with van der Waals surface area (Å²) in [6, 6.07) is 3.77. The van der Waals surface area contributed by atoms with E-state index in [2.05, 4.69) is 10.1 Å². The van der Waals surface area contributed by atoms with Crippen LogP contribution in [0.25, 0.3) is 0 Å². The Hall–Kier alpha value is -1.77. The van der Waals surface area contributed by atoms with Gasteiger partial charge in [-0.05, 0) is 24.3 Å². The van der Waals surface area contributed by atoms with Crippen LogP contribution in [0.15, 0.2) is 30.2 Å². The molecule has 2 aliphatic heterocycles. The first-order chi connectivity index (χ1) is 11.7. The topological polar surface area (TPSA) is 69.5 Å². The van der Waals surface area contributed by atoms with Crippen molar-refractivity contribution < 1.29 is 14.3 Å². The summed E-state index contributed by atoms with van der Waals surface area (Å²) in [7, 11) is 0.